The molecule has 4 rings (SSSR count). The van der Waals surface area contributed by atoms with Gasteiger partial charge in [-0.2, -0.15) is 0 Å². The summed E-state index contributed by atoms with van der Waals surface area (Å²) in [7, 11) is 0. The number of hydrogen-bond donors (Lipinski definition) is 3. The number of halogens is 1. The van der Waals surface area contributed by atoms with Gasteiger partial charge in [-0.3, -0.25) is 0 Å². The lowest BCUT2D eigenvalue weighted by atomic mass is 9.80. The second kappa shape index (κ2) is 5.28. The van der Waals surface area contributed by atoms with Crippen LogP contribution in [0.5, 0.6) is 0 Å². The summed E-state index contributed by atoms with van der Waals surface area (Å²) in [6.07, 6.45) is -2.91. The number of hydrogen-bond acceptors (Lipinski definition) is 3. The van der Waals surface area contributed by atoms with E-state index in [1.165, 1.54) is 0 Å². The molecule has 118 valence electrons. The maximum Gasteiger partial charge on any atom is 0.106 e. The van der Waals surface area contributed by atoms with Gasteiger partial charge in [0.05, 0.1) is 17.0 Å². The average molecular weight is 373 g/mol. The van der Waals surface area contributed by atoms with E-state index in [-0.39, 0.29) is 0 Å². The molecule has 0 saturated heterocycles. The Morgan fingerprint density at radius 3 is 2.43 bits per heavy atom. The third-order valence-corrected chi connectivity index (χ3v) is 5.90. The van der Waals surface area contributed by atoms with Crippen LogP contribution in [-0.4, -0.2) is 26.3 Å². The molecular weight excluding hydrogens is 356 g/mol. The fraction of sp³-hybridized carbons (Fsp3) is 0.263. The van der Waals surface area contributed by atoms with Gasteiger partial charge in [-0.15, -0.1) is 0 Å². The number of alkyl halides is 1. The fourth-order valence-corrected chi connectivity index (χ4v) is 4.29. The van der Waals surface area contributed by atoms with Crippen molar-refractivity contribution in [2.45, 2.75) is 30.1 Å². The van der Waals surface area contributed by atoms with E-state index in [1.54, 1.807) is 0 Å². The normalized spacial score (nSPS) is 27.3. The van der Waals surface area contributed by atoms with Gasteiger partial charge < -0.3 is 15.3 Å². The third kappa shape index (κ3) is 2.06. The van der Waals surface area contributed by atoms with Crippen LogP contribution in [0.15, 0.2) is 42.5 Å². The predicted molar refractivity (Wildman–Crippen MR) is 94.8 cm³/mol. The molecule has 0 spiro atoms. The Morgan fingerprint density at radius 1 is 0.913 bits per heavy atom. The second-order valence-electron chi connectivity index (χ2n) is 6.23. The Hall–Kier alpha value is -1.46. The number of fused-ring (bicyclic) bond motifs is 5. The Morgan fingerprint density at radius 2 is 1.65 bits per heavy atom. The Labute approximate surface area is 142 Å². The van der Waals surface area contributed by atoms with Crippen molar-refractivity contribution < 1.29 is 15.3 Å². The van der Waals surface area contributed by atoms with Crippen LogP contribution < -0.4 is 0 Å². The number of aliphatic hydroxyl groups is 3. The Balaban J connectivity index is 2.16. The number of aryl methyl sites for hydroxylation is 1. The fourth-order valence-electron chi connectivity index (χ4n) is 3.74. The van der Waals surface area contributed by atoms with Gasteiger partial charge in [-0.05, 0) is 45.2 Å². The van der Waals surface area contributed by atoms with Crippen LogP contribution in [-0.2, 0) is 0 Å². The highest BCUT2D eigenvalue weighted by Crippen LogP contribution is 2.45. The summed E-state index contributed by atoms with van der Waals surface area (Å²) in [6.45, 7) is 2.02. The van der Waals surface area contributed by atoms with E-state index in [2.05, 4.69) is 34.1 Å². The summed E-state index contributed by atoms with van der Waals surface area (Å²) in [4.78, 5) is -0.596. The summed E-state index contributed by atoms with van der Waals surface area (Å²) >= 11 is 3.33. The van der Waals surface area contributed by atoms with Crippen LogP contribution >= 0.6 is 15.9 Å². The number of rotatable bonds is 0. The maximum atomic E-state index is 10.7. The quantitative estimate of drug-likeness (QED) is 0.418. The van der Waals surface area contributed by atoms with Crippen LogP contribution in [0.2, 0.25) is 0 Å². The van der Waals surface area contributed by atoms with Crippen LogP contribution in [0.3, 0.4) is 0 Å². The molecule has 0 radical (unpaired) electrons. The summed E-state index contributed by atoms with van der Waals surface area (Å²) < 4.78 is 0. The largest absolute Gasteiger partial charge is 0.389 e. The van der Waals surface area contributed by atoms with E-state index >= 15 is 0 Å². The molecule has 1 aliphatic carbocycles. The van der Waals surface area contributed by atoms with Gasteiger partial charge in [0, 0.05) is 0 Å². The van der Waals surface area contributed by atoms with Crippen LogP contribution in [0.4, 0.5) is 0 Å². The zero-order chi connectivity index (χ0) is 16.3. The summed E-state index contributed by atoms with van der Waals surface area (Å²) in [5.41, 5.74) is 2.37. The minimum absolute atomic E-state index is 0.596. The average Bonchev–Trinajstić information content (AvgIpc) is 2.57. The maximum absolute atomic E-state index is 10.7. The van der Waals surface area contributed by atoms with E-state index in [0.717, 1.165) is 27.1 Å². The molecule has 3 aromatic carbocycles. The first-order valence-corrected chi connectivity index (χ1v) is 8.55. The highest BCUT2D eigenvalue weighted by Gasteiger charge is 2.40. The molecule has 0 bridgehead atoms. The Kier molecular flexibility index (Phi) is 3.46. The summed E-state index contributed by atoms with van der Waals surface area (Å²) in [5, 5.41) is 35.5. The topological polar surface area (TPSA) is 60.7 Å². The Bertz CT molecular complexity index is 921. The van der Waals surface area contributed by atoms with Crippen molar-refractivity contribution in [1.29, 1.82) is 0 Å². The number of aliphatic hydroxyl groups excluding tert-OH is 3. The summed E-state index contributed by atoms with van der Waals surface area (Å²) in [5.74, 6) is 0. The lowest BCUT2D eigenvalue weighted by Crippen LogP contribution is -2.38. The minimum atomic E-state index is -1.03. The molecule has 4 heteroatoms. The van der Waals surface area contributed by atoms with Crippen molar-refractivity contribution in [3.05, 3.63) is 59.2 Å². The predicted octanol–water partition coefficient (Wildman–Crippen LogP) is 3.51. The molecule has 23 heavy (non-hydrogen) atoms. The minimum Gasteiger partial charge on any atom is -0.389 e. The van der Waals surface area contributed by atoms with E-state index in [0.29, 0.717) is 11.1 Å². The monoisotopic (exact) mass is 372 g/mol. The van der Waals surface area contributed by atoms with Crippen molar-refractivity contribution in [3.8, 4) is 0 Å². The molecule has 4 atom stereocenters. The van der Waals surface area contributed by atoms with E-state index in [1.807, 2.05) is 31.2 Å². The highest BCUT2D eigenvalue weighted by molar-refractivity contribution is 9.09. The van der Waals surface area contributed by atoms with E-state index in [9.17, 15) is 15.3 Å². The molecule has 3 N–H and O–H groups in total. The lowest BCUT2D eigenvalue weighted by molar-refractivity contribution is -0.0205. The van der Waals surface area contributed by atoms with Gasteiger partial charge >= 0.3 is 0 Å². The standard InChI is InChI=1S/C19H17BrO3/c1-9-8-10-4-2-3-5-11(10)12-6-7-13-15(14(9)12)18(22)16(20)19(23)17(13)21/h2-8,16-19,21-23H,1H3. The van der Waals surface area contributed by atoms with Crippen LogP contribution in [0.1, 0.15) is 28.9 Å². The van der Waals surface area contributed by atoms with Gasteiger partial charge in [0.1, 0.15) is 6.10 Å². The highest BCUT2D eigenvalue weighted by atomic mass is 79.9. The molecule has 3 nitrogen and oxygen atoms in total. The van der Waals surface area contributed by atoms with Gasteiger partial charge in [-0.1, -0.05) is 58.4 Å². The zero-order valence-corrected chi connectivity index (χ0v) is 14.2. The lowest BCUT2D eigenvalue weighted by Gasteiger charge is -2.35. The van der Waals surface area contributed by atoms with Crippen molar-refractivity contribution >= 4 is 37.5 Å². The van der Waals surface area contributed by atoms with Gasteiger partial charge in [-0.25, -0.2) is 0 Å². The van der Waals surface area contributed by atoms with Crippen LogP contribution in [0, 0.1) is 6.92 Å². The van der Waals surface area contributed by atoms with Crippen molar-refractivity contribution in [1.82, 2.24) is 0 Å². The smallest absolute Gasteiger partial charge is 0.106 e. The van der Waals surface area contributed by atoms with E-state index < -0.39 is 23.1 Å². The van der Waals surface area contributed by atoms with Gasteiger partial charge in [0.2, 0.25) is 0 Å². The van der Waals surface area contributed by atoms with Crippen molar-refractivity contribution in [2.24, 2.45) is 0 Å². The second-order valence-corrected chi connectivity index (χ2v) is 7.29. The molecule has 0 amide bonds. The van der Waals surface area contributed by atoms with Gasteiger partial charge in [0.25, 0.3) is 0 Å². The zero-order valence-electron chi connectivity index (χ0n) is 12.6. The molecule has 1 aliphatic rings. The first-order chi connectivity index (χ1) is 11.0. The molecule has 0 aromatic heterocycles. The molecule has 0 fully saturated rings. The number of benzene rings is 3. The molecular formula is C19H17BrO3. The first kappa shape index (κ1) is 15.1. The first-order valence-electron chi connectivity index (χ1n) is 7.64. The molecule has 0 heterocycles. The van der Waals surface area contributed by atoms with E-state index in [4.69, 9.17) is 0 Å². The SMILES string of the molecule is Cc1cc2ccccc2c2ccc3c(c12)C(O)C(Br)C(O)C3O. The third-order valence-electron chi connectivity index (χ3n) is 4.86. The molecule has 3 aromatic rings. The molecule has 0 aliphatic heterocycles. The molecule has 0 saturated carbocycles. The van der Waals surface area contributed by atoms with Crippen LogP contribution in [0.25, 0.3) is 21.5 Å². The molecule has 4 unspecified atom stereocenters. The van der Waals surface area contributed by atoms with Gasteiger partial charge in [0.15, 0.2) is 0 Å². The summed E-state index contributed by atoms with van der Waals surface area (Å²) in [6, 6.07) is 14.0. The van der Waals surface area contributed by atoms with Crippen molar-refractivity contribution in [3.63, 3.8) is 0 Å². The van der Waals surface area contributed by atoms with Crippen molar-refractivity contribution in [2.75, 3.05) is 0 Å².